The molecule has 5 heteroatoms. The summed E-state index contributed by atoms with van der Waals surface area (Å²) in [5.41, 5.74) is 0.731. The molecule has 0 spiro atoms. The Balaban J connectivity index is 2.74. The fourth-order valence-corrected chi connectivity index (χ4v) is 2.33. The van der Waals surface area contributed by atoms with E-state index in [2.05, 4.69) is 6.92 Å². The van der Waals surface area contributed by atoms with Crippen LogP contribution in [0.3, 0.4) is 0 Å². The lowest BCUT2D eigenvalue weighted by Crippen LogP contribution is -2.20. The minimum absolute atomic E-state index is 0.0972. The van der Waals surface area contributed by atoms with E-state index in [-0.39, 0.29) is 11.1 Å². The molecule has 0 fully saturated rings. The van der Waals surface area contributed by atoms with Crippen molar-refractivity contribution in [2.24, 2.45) is 0 Å². The number of carboxylic acids is 1. The second kappa shape index (κ2) is 6.43. The number of rotatable bonds is 6. The summed E-state index contributed by atoms with van der Waals surface area (Å²) in [5.74, 6) is -0.564. The Hall–Kier alpha value is -2.30. The largest absolute Gasteiger partial charge is 0.492 e. The Morgan fingerprint density at radius 2 is 2.05 bits per heavy atom. The van der Waals surface area contributed by atoms with Crippen LogP contribution in [0.1, 0.15) is 37.0 Å². The van der Waals surface area contributed by atoms with Gasteiger partial charge in [-0.05, 0) is 31.5 Å². The molecular formula is C16H19NO4. The van der Waals surface area contributed by atoms with E-state index in [0.29, 0.717) is 29.8 Å². The van der Waals surface area contributed by atoms with Gasteiger partial charge in [0.05, 0.1) is 17.7 Å². The van der Waals surface area contributed by atoms with Gasteiger partial charge in [0.2, 0.25) is 0 Å². The van der Waals surface area contributed by atoms with Crippen LogP contribution in [0, 0.1) is 0 Å². The van der Waals surface area contributed by atoms with Crippen molar-refractivity contribution in [3.05, 3.63) is 40.2 Å². The van der Waals surface area contributed by atoms with Gasteiger partial charge in [-0.3, -0.25) is 4.79 Å². The minimum atomic E-state index is -1.01. The molecule has 0 aliphatic carbocycles. The molecule has 0 radical (unpaired) electrons. The minimum Gasteiger partial charge on any atom is -0.492 e. The van der Waals surface area contributed by atoms with Crippen molar-refractivity contribution in [1.82, 2.24) is 4.57 Å². The van der Waals surface area contributed by atoms with E-state index in [1.54, 1.807) is 16.7 Å². The molecule has 0 amide bonds. The number of aromatic carboxylic acids is 1. The van der Waals surface area contributed by atoms with Gasteiger partial charge in [-0.15, -0.1) is 0 Å². The maximum absolute atomic E-state index is 12.1. The molecule has 1 heterocycles. The average molecular weight is 289 g/mol. The summed E-state index contributed by atoms with van der Waals surface area (Å²) in [6, 6.07) is 6.17. The highest BCUT2D eigenvalue weighted by molar-refractivity contribution is 5.96. The predicted octanol–water partition coefficient (Wildman–Crippen LogP) is 2.90. The number of unbranched alkanes of at least 4 members (excludes halogenated alkanes) is 1. The molecule has 1 N–H and O–H groups in total. The van der Waals surface area contributed by atoms with Gasteiger partial charge >= 0.3 is 5.97 Å². The summed E-state index contributed by atoms with van der Waals surface area (Å²) in [4.78, 5) is 23.3. The molecule has 2 rings (SSSR count). The number of hydrogen-bond acceptors (Lipinski definition) is 3. The van der Waals surface area contributed by atoms with Gasteiger partial charge in [0, 0.05) is 18.0 Å². The summed E-state index contributed by atoms with van der Waals surface area (Å²) < 4.78 is 7.22. The summed E-state index contributed by atoms with van der Waals surface area (Å²) in [5, 5.41) is 9.88. The van der Waals surface area contributed by atoms with Crippen molar-refractivity contribution in [1.29, 1.82) is 0 Å². The van der Waals surface area contributed by atoms with Crippen molar-refractivity contribution >= 4 is 16.9 Å². The molecule has 0 bridgehead atoms. The fourth-order valence-electron chi connectivity index (χ4n) is 2.33. The number of carbonyl (C=O) groups is 1. The van der Waals surface area contributed by atoms with Crippen LogP contribution in [-0.2, 0) is 6.54 Å². The normalized spacial score (nSPS) is 10.8. The first-order chi connectivity index (χ1) is 10.1. The molecule has 0 atom stereocenters. The Morgan fingerprint density at radius 3 is 2.67 bits per heavy atom. The van der Waals surface area contributed by atoms with Gasteiger partial charge in [0.1, 0.15) is 5.75 Å². The topological polar surface area (TPSA) is 68.5 Å². The number of nitrogens with zero attached hydrogens (tertiary/aromatic N) is 1. The summed E-state index contributed by atoms with van der Waals surface area (Å²) in [6.07, 6.45) is 1.85. The van der Waals surface area contributed by atoms with Crippen molar-refractivity contribution in [2.75, 3.05) is 6.61 Å². The number of aromatic nitrogens is 1. The average Bonchev–Trinajstić information content (AvgIpc) is 2.46. The highest BCUT2D eigenvalue weighted by atomic mass is 16.5. The molecule has 1 aromatic carbocycles. The fraction of sp³-hybridized carbons (Fsp3) is 0.375. The van der Waals surface area contributed by atoms with Crippen molar-refractivity contribution < 1.29 is 14.6 Å². The summed E-state index contributed by atoms with van der Waals surface area (Å²) >= 11 is 0. The first-order valence-electron chi connectivity index (χ1n) is 7.12. The van der Waals surface area contributed by atoms with Crippen LogP contribution in [0.5, 0.6) is 5.75 Å². The van der Waals surface area contributed by atoms with Gasteiger partial charge in [-0.2, -0.15) is 0 Å². The maximum Gasteiger partial charge on any atom is 0.335 e. The third kappa shape index (κ3) is 3.07. The van der Waals surface area contributed by atoms with Crippen LogP contribution in [0.15, 0.2) is 29.1 Å². The van der Waals surface area contributed by atoms with Crippen molar-refractivity contribution in [3.63, 3.8) is 0 Å². The summed E-state index contributed by atoms with van der Waals surface area (Å²) in [6.45, 7) is 4.90. The first-order valence-corrected chi connectivity index (χ1v) is 7.12. The zero-order valence-electron chi connectivity index (χ0n) is 12.3. The van der Waals surface area contributed by atoms with E-state index in [9.17, 15) is 14.7 Å². The number of pyridine rings is 1. The van der Waals surface area contributed by atoms with E-state index in [0.717, 1.165) is 12.8 Å². The molecule has 0 aliphatic rings. The van der Waals surface area contributed by atoms with E-state index < -0.39 is 5.97 Å². The van der Waals surface area contributed by atoms with Gasteiger partial charge in [0.25, 0.3) is 5.56 Å². The number of carboxylic acid groups (broad SMARTS) is 1. The van der Waals surface area contributed by atoms with E-state index in [4.69, 9.17) is 4.74 Å². The van der Waals surface area contributed by atoms with Crippen LogP contribution in [0.4, 0.5) is 0 Å². The second-order valence-corrected chi connectivity index (χ2v) is 4.83. The van der Waals surface area contributed by atoms with Crippen LogP contribution in [0.2, 0.25) is 0 Å². The quantitative estimate of drug-likeness (QED) is 0.887. The van der Waals surface area contributed by atoms with Crippen LogP contribution < -0.4 is 10.3 Å². The highest BCUT2D eigenvalue weighted by Gasteiger charge is 2.14. The molecule has 0 aliphatic heterocycles. The molecule has 1 aromatic heterocycles. The number of ether oxygens (including phenoxy) is 1. The van der Waals surface area contributed by atoms with Crippen molar-refractivity contribution in [2.45, 2.75) is 33.2 Å². The lowest BCUT2D eigenvalue weighted by atomic mass is 10.1. The Kier molecular flexibility index (Phi) is 4.62. The zero-order valence-corrected chi connectivity index (χ0v) is 12.3. The van der Waals surface area contributed by atoms with Crippen LogP contribution in [-0.4, -0.2) is 22.2 Å². The number of fused-ring (bicyclic) bond motifs is 1. The molecular weight excluding hydrogens is 270 g/mol. The monoisotopic (exact) mass is 289 g/mol. The van der Waals surface area contributed by atoms with Crippen molar-refractivity contribution in [3.8, 4) is 5.75 Å². The number of aryl methyl sites for hydroxylation is 1. The Bertz CT molecular complexity index is 718. The van der Waals surface area contributed by atoms with Gasteiger partial charge in [0.15, 0.2) is 0 Å². The second-order valence-electron chi connectivity index (χ2n) is 4.83. The maximum atomic E-state index is 12.1. The number of benzene rings is 1. The third-order valence-electron chi connectivity index (χ3n) is 3.33. The molecule has 0 saturated heterocycles. The Labute approximate surface area is 122 Å². The summed E-state index contributed by atoms with van der Waals surface area (Å²) in [7, 11) is 0. The van der Waals surface area contributed by atoms with Gasteiger partial charge in [-0.25, -0.2) is 4.79 Å². The highest BCUT2D eigenvalue weighted by Crippen LogP contribution is 2.27. The standard InChI is InChI=1S/C16H19NO4/c1-3-5-8-17-14(18)7-6-11-9-12(16(19)20)10-13(15(11)17)21-4-2/h6-7,9-10H,3-5,8H2,1-2H3,(H,19,20). The molecule has 0 unspecified atom stereocenters. The molecule has 5 nitrogen and oxygen atoms in total. The van der Waals surface area contributed by atoms with E-state index >= 15 is 0 Å². The smallest absolute Gasteiger partial charge is 0.335 e. The molecule has 0 saturated carbocycles. The molecule has 21 heavy (non-hydrogen) atoms. The Morgan fingerprint density at radius 1 is 1.29 bits per heavy atom. The predicted molar refractivity (Wildman–Crippen MR) is 81.2 cm³/mol. The van der Waals surface area contributed by atoms with Gasteiger partial charge in [-0.1, -0.05) is 13.3 Å². The number of hydrogen-bond donors (Lipinski definition) is 1. The lowest BCUT2D eigenvalue weighted by Gasteiger charge is -2.14. The van der Waals surface area contributed by atoms with E-state index in [1.165, 1.54) is 12.1 Å². The van der Waals surface area contributed by atoms with Gasteiger partial charge < -0.3 is 14.4 Å². The SMILES string of the molecule is CCCCn1c(=O)ccc2cc(C(=O)O)cc(OCC)c21. The third-order valence-corrected chi connectivity index (χ3v) is 3.33. The first kappa shape index (κ1) is 15.1. The van der Waals surface area contributed by atoms with Crippen LogP contribution >= 0.6 is 0 Å². The molecule has 112 valence electrons. The van der Waals surface area contributed by atoms with Crippen LogP contribution in [0.25, 0.3) is 10.9 Å². The van der Waals surface area contributed by atoms with E-state index in [1.807, 2.05) is 6.92 Å². The molecule has 2 aromatic rings. The zero-order chi connectivity index (χ0) is 15.4. The lowest BCUT2D eigenvalue weighted by molar-refractivity contribution is 0.0696.